The topological polar surface area (TPSA) is 83.3 Å². The summed E-state index contributed by atoms with van der Waals surface area (Å²) in [5, 5.41) is 10.2. The number of rotatable bonds is 2. The second-order valence-electron chi connectivity index (χ2n) is 1.99. The molecule has 13 heavy (non-hydrogen) atoms. The van der Waals surface area contributed by atoms with Crippen molar-refractivity contribution in [3.05, 3.63) is 34.4 Å². The van der Waals surface area contributed by atoms with Gasteiger partial charge in [-0.3, -0.25) is 14.3 Å². The van der Waals surface area contributed by atoms with E-state index in [4.69, 9.17) is 0 Å². The quantitative estimate of drug-likeness (QED) is 0.248. The summed E-state index contributed by atoms with van der Waals surface area (Å²) < 4.78 is 20.7. The maximum atomic E-state index is 10.4. The van der Waals surface area contributed by atoms with Crippen LogP contribution in [-0.4, -0.2) is 13.7 Å². The maximum Gasteiger partial charge on any atom is 1.00 e. The van der Waals surface area contributed by atoms with Crippen molar-refractivity contribution in [1.82, 2.24) is 0 Å². The molecular weight excluding hydrogens is 221 g/mol. The molecule has 7 heteroatoms. The SMILES string of the molecule is O=[N+]([O-])c1cccc(S(=O)[O-])c1.[K+]. The van der Waals surface area contributed by atoms with Gasteiger partial charge in [-0.15, -0.1) is 0 Å². The van der Waals surface area contributed by atoms with E-state index in [9.17, 15) is 18.9 Å². The van der Waals surface area contributed by atoms with Crippen molar-refractivity contribution < 1.29 is 65.1 Å². The molecule has 1 unspecified atom stereocenters. The Balaban J connectivity index is 0.00000144. The predicted molar refractivity (Wildman–Crippen MR) is 40.3 cm³/mol. The van der Waals surface area contributed by atoms with Crippen molar-refractivity contribution in [2.75, 3.05) is 0 Å². The first-order valence-corrected chi connectivity index (χ1v) is 4.02. The Morgan fingerprint density at radius 2 is 2.00 bits per heavy atom. The van der Waals surface area contributed by atoms with Gasteiger partial charge in [-0.05, 0) is 17.1 Å². The van der Waals surface area contributed by atoms with Crippen LogP contribution in [-0.2, 0) is 11.1 Å². The fraction of sp³-hybridized carbons (Fsp3) is 0. The zero-order chi connectivity index (χ0) is 9.14. The van der Waals surface area contributed by atoms with Crippen LogP contribution in [0.5, 0.6) is 0 Å². The van der Waals surface area contributed by atoms with Gasteiger partial charge in [0.05, 0.1) is 4.92 Å². The minimum atomic E-state index is -2.41. The predicted octanol–water partition coefficient (Wildman–Crippen LogP) is -2.16. The molecule has 1 aromatic carbocycles. The molecule has 64 valence electrons. The molecule has 0 spiro atoms. The van der Waals surface area contributed by atoms with Gasteiger partial charge in [-0.25, -0.2) is 0 Å². The van der Waals surface area contributed by atoms with Gasteiger partial charge in [0.15, 0.2) is 0 Å². The van der Waals surface area contributed by atoms with Crippen LogP contribution in [0.4, 0.5) is 5.69 Å². The molecule has 0 aliphatic carbocycles. The van der Waals surface area contributed by atoms with E-state index in [-0.39, 0.29) is 62.0 Å². The molecule has 0 aromatic heterocycles. The summed E-state index contributed by atoms with van der Waals surface area (Å²) in [4.78, 5) is 9.46. The van der Waals surface area contributed by atoms with Crippen molar-refractivity contribution in [2.24, 2.45) is 0 Å². The van der Waals surface area contributed by atoms with Crippen LogP contribution in [0.25, 0.3) is 0 Å². The summed E-state index contributed by atoms with van der Waals surface area (Å²) in [5.74, 6) is 0. The van der Waals surface area contributed by atoms with Crippen LogP contribution in [0.1, 0.15) is 0 Å². The molecule has 0 saturated carbocycles. The Morgan fingerprint density at radius 3 is 2.46 bits per heavy atom. The molecule has 0 saturated heterocycles. The van der Waals surface area contributed by atoms with Gasteiger partial charge in [0.25, 0.3) is 5.69 Å². The van der Waals surface area contributed by atoms with Crippen molar-refractivity contribution in [3.63, 3.8) is 0 Å². The molecule has 0 fully saturated rings. The largest absolute Gasteiger partial charge is 1.00 e. The maximum absolute atomic E-state index is 10.4. The van der Waals surface area contributed by atoms with Crippen LogP contribution in [0.3, 0.4) is 0 Å². The van der Waals surface area contributed by atoms with Crippen LogP contribution < -0.4 is 51.4 Å². The zero-order valence-electron chi connectivity index (χ0n) is 6.80. The first-order valence-electron chi connectivity index (χ1n) is 2.95. The molecule has 0 aliphatic rings. The fourth-order valence-corrected chi connectivity index (χ4v) is 1.11. The number of hydrogen-bond acceptors (Lipinski definition) is 4. The number of nitrogens with zero attached hydrogens (tertiary/aromatic N) is 1. The van der Waals surface area contributed by atoms with Crippen LogP contribution >= 0.6 is 0 Å². The molecule has 5 nitrogen and oxygen atoms in total. The molecule has 0 amide bonds. The average molecular weight is 225 g/mol. The van der Waals surface area contributed by atoms with E-state index in [1.54, 1.807) is 0 Å². The molecule has 0 N–H and O–H groups in total. The van der Waals surface area contributed by atoms with Crippen molar-refractivity contribution in [2.45, 2.75) is 4.90 Å². The Bertz CT molecular complexity index is 314. The van der Waals surface area contributed by atoms with E-state index in [2.05, 4.69) is 0 Å². The first kappa shape index (κ1) is 13.4. The van der Waals surface area contributed by atoms with Gasteiger partial charge in [0, 0.05) is 17.0 Å². The van der Waals surface area contributed by atoms with Gasteiger partial charge in [-0.1, -0.05) is 6.07 Å². The second kappa shape index (κ2) is 5.96. The Hall–Kier alpha value is 0.366. The van der Waals surface area contributed by atoms with E-state index in [1.807, 2.05) is 0 Å². The Morgan fingerprint density at radius 1 is 1.38 bits per heavy atom. The van der Waals surface area contributed by atoms with E-state index in [0.717, 1.165) is 6.07 Å². The number of hydrogen-bond donors (Lipinski definition) is 0. The van der Waals surface area contributed by atoms with Crippen LogP contribution in [0, 0.1) is 10.1 Å². The summed E-state index contributed by atoms with van der Waals surface area (Å²) in [6, 6.07) is 4.85. The smallest absolute Gasteiger partial charge is 0.768 e. The first-order chi connectivity index (χ1) is 5.61. The van der Waals surface area contributed by atoms with Crippen molar-refractivity contribution in [3.8, 4) is 0 Å². The zero-order valence-corrected chi connectivity index (χ0v) is 10.7. The average Bonchev–Trinajstić information content (AvgIpc) is 2.04. The molecular formula is C6H4KNO4S. The molecule has 0 heterocycles. The number of non-ortho nitro benzene ring substituents is 1. The van der Waals surface area contributed by atoms with E-state index in [1.165, 1.54) is 18.2 Å². The van der Waals surface area contributed by atoms with Gasteiger partial charge in [0.2, 0.25) is 0 Å². The molecule has 0 aliphatic heterocycles. The molecule has 1 aromatic rings. The van der Waals surface area contributed by atoms with Gasteiger partial charge >= 0.3 is 51.4 Å². The van der Waals surface area contributed by atoms with Gasteiger partial charge < -0.3 is 4.55 Å². The second-order valence-corrected chi connectivity index (χ2v) is 2.93. The third-order valence-corrected chi connectivity index (χ3v) is 1.86. The van der Waals surface area contributed by atoms with Gasteiger partial charge in [-0.2, -0.15) is 0 Å². The van der Waals surface area contributed by atoms with Crippen molar-refractivity contribution >= 4 is 16.8 Å². The molecule has 1 atom stereocenters. The summed E-state index contributed by atoms with van der Waals surface area (Å²) in [6.07, 6.45) is 0. The standard InChI is InChI=1S/C6H5NO4S.K/c8-7(9)5-2-1-3-6(4-5)12(10)11;/h1-4H,(H,10,11);/q;+1/p-1. The monoisotopic (exact) mass is 225 g/mol. The van der Waals surface area contributed by atoms with Crippen LogP contribution in [0.2, 0.25) is 0 Å². The Kier molecular flexibility index (Phi) is 6.13. The minimum absolute atomic E-state index is 0. The van der Waals surface area contributed by atoms with Crippen LogP contribution in [0.15, 0.2) is 29.2 Å². The minimum Gasteiger partial charge on any atom is -0.768 e. The van der Waals surface area contributed by atoms with E-state index >= 15 is 0 Å². The fourth-order valence-electron chi connectivity index (χ4n) is 0.701. The number of nitro benzene ring substituents is 1. The third kappa shape index (κ3) is 3.94. The summed E-state index contributed by atoms with van der Waals surface area (Å²) in [5.41, 5.74) is -0.225. The summed E-state index contributed by atoms with van der Waals surface area (Å²) in [6.45, 7) is 0. The molecule has 1 rings (SSSR count). The van der Waals surface area contributed by atoms with E-state index < -0.39 is 16.0 Å². The molecule has 0 radical (unpaired) electrons. The summed E-state index contributed by atoms with van der Waals surface area (Å²) in [7, 11) is 0. The third-order valence-electron chi connectivity index (χ3n) is 1.22. The normalized spacial score (nSPS) is 11.5. The van der Waals surface area contributed by atoms with Crippen molar-refractivity contribution in [1.29, 1.82) is 0 Å². The number of benzene rings is 1. The van der Waals surface area contributed by atoms with Gasteiger partial charge in [0.1, 0.15) is 0 Å². The molecule has 0 bridgehead atoms. The summed E-state index contributed by atoms with van der Waals surface area (Å²) >= 11 is -2.41. The Labute approximate surface area is 119 Å². The van der Waals surface area contributed by atoms with E-state index in [0.29, 0.717) is 0 Å². The number of nitro groups is 1.